The monoisotopic (exact) mass is 365 g/mol. The minimum atomic E-state index is -0.480. The fraction of sp³-hybridized carbons (Fsp3) is 0.312. The summed E-state index contributed by atoms with van der Waals surface area (Å²) in [5.74, 6) is 0.593. The third-order valence-electron chi connectivity index (χ3n) is 3.61. The lowest BCUT2D eigenvalue weighted by atomic mass is 10.2. The second kappa shape index (κ2) is 7.40. The summed E-state index contributed by atoms with van der Waals surface area (Å²) in [6.07, 6.45) is 0.528. The average Bonchev–Trinajstić information content (AvgIpc) is 3.03. The van der Waals surface area contributed by atoms with E-state index in [-0.39, 0.29) is 17.2 Å². The molecule has 1 aromatic carbocycles. The Bertz CT molecular complexity index is 825. The molecule has 1 aliphatic rings. The molecule has 0 saturated heterocycles. The number of amides is 1. The van der Waals surface area contributed by atoms with E-state index in [1.54, 1.807) is 23.9 Å². The predicted molar refractivity (Wildman–Crippen MR) is 94.8 cm³/mol. The first-order valence-electron chi connectivity index (χ1n) is 7.50. The van der Waals surface area contributed by atoms with Crippen LogP contribution in [0.4, 0.5) is 10.1 Å². The van der Waals surface area contributed by atoms with E-state index in [0.29, 0.717) is 28.6 Å². The molecule has 5 nitrogen and oxygen atoms in total. The molecule has 0 bridgehead atoms. The van der Waals surface area contributed by atoms with E-state index >= 15 is 0 Å². The molecule has 0 fully saturated rings. The van der Waals surface area contributed by atoms with Crippen molar-refractivity contribution in [2.45, 2.75) is 35.3 Å². The summed E-state index contributed by atoms with van der Waals surface area (Å²) >= 11 is 2.84. The Labute approximate surface area is 146 Å². The van der Waals surface area contributed by atoms with Gasteiger partial charge in [0, 0.05) is 17.1 Å². The van der Waals surface area contributed by atoms with Crippen LogP contribution >= 0.6 is 23.5 Å². The Morgan fingerprint density at radius 1 is 1.46 bits per heavy atom. The number of para-hydroxylation sites is 1. The third kappa shape index (κ3) is 3.64. The predicted octanol–water partition coefficient (Wildman–Crippen LogP) is 3.17. The van der Waals surface area contributed by atoms with Crippen LogP contribution in [0.25, 0.3) is 0 Å². The minimum Gasteiger partial charge on any atom is -0.323 e. The molecule has 1 amide bonds. The van der Waals surface area contributed by atoms with Gasteiger partial charge in [0.05, 0.1) is 16.6 Å². The number of thioether (sulfide) groups is 2. The van der Waals surface area contributed by atoms with Gasteiger partial charge in [-0.15, -0.1) is 0 Å². The van der Waals surface area contributed by atoms with Gasteiger partial charge in [-0.25, -0.2) is 9.37 Å². The van der Waals surface area contributed by atoms with E-state index < -0.39 is 11.1 Å². The lowest BCUT2D eigenvalue weighted by Crippen LogP contribution is -2.26. The van der Waals surface area contributed by atoms with Crippen LogP contribution < -0.4 is 10.9 Å². The third-order valence-corrected chi connectivity index (χ3v) is 5.83. The fourth-order valence-electron chi connectivity index (χ4n) is 2.33. The van der Waals surface area contributed by atoms with Crippen molar-refractivity contribution in [1.29, 1.82) is 0 Å². The standard InChI is InChI=1S/C16H16FN3O2S2/c1-2-13(15(22)18-11-6-4-3-5-10(11)17)24-16-19-12-8-23-7-9(12)14(21)20-16/h3-6,13H,2,7-8H2,1H3,(H,18,22)(H,19,20,21). The zero-order valence-corrected chi connectivity index (χ0v) is 14.6. The van der Waals surface area contributed by atoms with Gasteiger partial charge in [0.1, 0.15) is 5.82 Å². The van der Waals surface area contributed by atoms with Gasteiger partial charge in [0.2, 0.25) is 5.91 Å². The number of aromatic amines is 1. The van der Waals surface area contributed by atoms with Crippen molar-refractivity contribution < 1.29 is 9.18 Å². The summed E-state index contributed by atoms with van der Waals surface area (Å²) in [5, 5.41) is 2.54. The van der Waals surface area contributed by atoms with Crippen LogP contribution in [-0.4, -0.2) is 21.1 Å². The van der Waals surface area contributed by atoms with Crippen LogP contribution in [-0.2, 0) is 16.3 Å². The topological polar surface area (TPSA) is 74.8 Å². The normalized spacial score (nSPS) is 14.2. The highest BCUT2D eigenvalue weighted by atomic mass is 32.2. The number of nitrogens with one attached hydrogen (secondary N) is 2. The van der Waals surface area contributed by atoms with Crippen LogP contribution in [0.15, 0.2) is 34.2 Å². The zero-order chi connectivity index (χ0) is 17.1. The molecular formula is C16H16FN3O2S2. The number of aromatic nitrogens is 2. The maximum atomic E-state index is 13.7. The summed E-state index contributed by atoms with van der Waals surface area (Å²) in [4.78, 5) is 31.6. The lowest BCUT2D eigenvalue weighted by molar-refractivity contribution is -0.115. The molecule has 1 aliphatic heterocycles. The Morgan fingerprint density at radius 2 is 2.25 bits per heavy atom. The highest BCUT2D eigenvalue weighted by Crippen LogP contribution is 2.29. The number of carbonyl (C=O) groups excluding carboxylic acids is 1. The number of nitrogens with zero attached hydrogens (tertiary/aromatic N) is 1. The van der Waals surface area contributed by atoms with Gasteiger partial charge in [-0.05, 0) is 18.6 Å². The molecule has 126 valence electrons. The molecule has 24 heavy (non-hydrogen) atoms. The van der Waals surface area contributed by atoms with E-state index in [1.807, 2.05) is 6.92 Å². The first-order valence-corrected chi connectivity index (χ1v) is 9.53. The largest absolute Gasteiger partial charge is 0.323 e. The highest BCUT2D eigenvalue weighted by Gasteiger charge is 2.23. The van der Waals surface area contributed by atoms with Crippen LogP contribution in [0.5, 0.6) is 0 Å². The van der Waals surface area contributed by atoms with E-state index in [9.17, 15) is 14.0 Å². The fourth-order valence-corrected chi connectivity index (χ4v) is 4.28. The summed E-state index contributed by atoms with van der Waals surface area (Å²) < 4.78 is 13.7. The number of fused-ring (bicyclic) bond motifs is 1. The number of hydrogen-bond acceptors (Lipinski definition) is 5. The van der Waals surface area contributed by atoms with E-state index in [0.717, 1.165) is 5.69 Å². The smallest absolute Gasteiger partial charge is 0.255 e. The first kappa shape index (κ1) is 17.0. The van der Waals surface area contributed by atoms with Crippen molar-refractivity contribution in [2.24, 2.45) is 0 Å². The van der Waals surface area contributed by atoms with Gasteiger partial charge in [-0.2, -0.15) is 11.8 Å². The molecule has 0 saturated carbocycles. The molecule has 0 aliphatic carbocycles. The van der Waals surface area contributed by atoms with Crippen LogP contribution in [0.1, 0.15) is 24.6 Å². The van der Waals surface area contributed by atoms with Gasteiger partial charge in [0.25, 0.3) is 5.56 Å². The summed E-state index contributed by atoms with van der Waals surface area (Å²) in [6, 6.07) is 6.02. The van der Waals surface area contributed by atoms with Crippen LogP contribution in [0, 0.1) is 5.82 Å². The molecule has 0 radical (unpaired) electrons. The van der Waals surface area contributed by atoms with Crippen molar-refractivity contribution in [3.05, 3.63) is 51.7 Å². The molecule has 1 unspecified atom stereocenters. The Balaban J connectivity index is 1.75. The maximum absolute atomic E-state index is 13.7. The summed E-state index contributed by atoms with van der Waals surface area (Å²) in [7, 11) is 0. The molecular weight excluding hydrogens is 349 g/mol. The van der Waals surface area contributed by atoms with Crippen molar-refractivity contribution in [1.82, 2.24) is 9.97 Å². The summed E-state index contributed by atoms with van der Waals surface area (Å²) in [6.45, 7) is 1.86. The van der Waals surface area contributed by atoms with Gasteiger partial charge in [-0.1, -0.05) is 30.8 Å². The molecule has 1 atom stereocenters. The SMILES string of the molecule is CCC(Sc1nc2c(c(=O)[nH]1)CSC2)C(=O)Nc1ccccc1F. The number of hydrogen-bond donors (Lipinski definition) is 2. The Kier molecular flexibility index (Phi) is 5.25. The van der Waals surface area contributed by atoms with Crippen molar-refractivity contribution >= 4 is 35.1 Å². The minimum absolute atomic E-state index is 0.142. The summed E-state index contributed by atoms with van der Waals surface area (Å²) in [5.41, 5.74) is 1.51. The Hall–Kier alpha value is -1.80. The van der Waals surface area contributed by atoms with E-state index in [2.05, 4.69) is 15.3 Å². The average molecular weight is 365 g/mol. The van der Waals surface area contributed by atoms with Gasteiger partial charge >= 0.3 is 0 Å². The lowest BCUT2D eigenvalue weighted by Gasteiger charge is -2.14. The first-order chi connectivity index (χ1) is 11.6. The number of carbonyl (C=O) groups is 1. The van der Waals surface area contributed by atoms with Crippen molar-refractivity contribution in [3.8, 4) is 0 Å². The molecule has 2 aromatic rings. The quantitative estimate of drug-likeness (QED) is 0.629. The van der Waals surface area contributed by atoms with Crippen molar-refractivity contribution in [3.63, 3.8) is 0 Å². The van der Waals surface area contributed by atoms with Gasteiger partial charge in [-0.3, -0.25) is 9.59 Å². The van der Waals surface area contributed by atoms with Crippen LogP contribution in [0.3, 0.4) is 0 Å². The second-order valence-corrected chi connectivity index (χ2v) is 7.45. The number of H-pyrrole nitrogens is 1. The van der Waals surface area contributed by atoms with Crippen molar-refractivity contribution in [2.75, 3.05) is 5.32 Å². The molecule has 2 N–H and O–H groups in total. The van der Waals surface area contributed by atoms with Gasteiger partial charge < -0.3 is 10.3 Å². The molecule has 2 heterocycles. The van der Waals surface area contributed by atoms with Gasteiger partial charge in [0.15, 0.2) is 5.16 Å². The Morgan fingerprint density at radius 3 is 3.00 bits per heavy atom. The highest BCUT2D eigenvalue weighted by molar-refractivity contribution is 8.00. The molecule has 1 aromatic heterocycles. The zero-order valence-electron chi connectivity index (χ0n) is 13.0. The van der Waals surface area contributed by atoms with Crippen LogP contribution in [0.2, 0.25) is 0 Å². The number of rotatable bonds is 5. The molecule has 8 heteroatoms. The van der Waals surface area contributed by atoms with E-state index in [1.165, 1.54) is 23.9 Å². The van der Waals surface area contributed by atoms with E-state index in [4.69, 9.17) is 0 Å². The number of anilines is 1. The molecule has 0 spiro atoms. The number of benzene rings is 1. The second-order valence-electron chi connectivity index (χ2n) is 5.27. The molecule has 3 rings (SSSR count). The maximum Gasteiger partial charge on any atom is 0.255 e. The number of halogens is 1.